The maximum absolute atomic E-state index is 11.5. The maximum atomic E-state index is 11.5. The lowest BCUT2D eigenvalue weighted by molar-refractivity contribution is -0.156. The molecule has 1 unspecified atom stereocenters. The third kappa shape index (κ3) is 15.2. The average Bonchev–Trinajstić information content (AvgIpc) is 2.87. The van der Waals surface area contributed by atoms with Gasteiger partial charge in [0.2, 0.25) is 0 Å². The molecule has 0 aliphatic heterocycles. The van der Waals surface area contributed by atoms with Gasteiger partial charge in [-0.3, -0.25) is 0 Å². The lowest BCUT2D eigenvalue weighted by Gasteiger charge is -2.27. The van der Waals surface area contributed by atoms with E-state index in [2.05, 4.69) is 32.9 Å². The van der Waals surface area contributed by atoms with Crippen LogP contribution in [-0.4, -0.2) is 61.4 Å². The Morgan fingerprint density at radius 1 is 0.711 bits per heavy atom. The van der Waals surface area contributed by atoms with Crippen LogP contribution in [0.15, 0.2) is 61.8 Å². The van der Waals surface area contributed by atoms with E-state index in [0.717, 1.165) is 12.2 Å². The van der Waals surface area contributed by atoms with Crippen molar-refractivity contribution in [2.45, 2.75) is 71.2 Å². The molecule has 0 N–H and O–H groups in total. The minimum atomic E-state index is -0.745. The average molecular weight is 535 g/mol. The Morgan fingerprint density at radius 3 is 1.47 bits per heavy atom. The van der Waals surface area contributed by atoms with Crippen LogP contribution in [0.1, 0.15) is 52.9 Å². The van der Waals surface area contributed by atoms with Crippen molar-refractivity contribution in [2.75, 3.05) is 13.2 Å². The van der Waals surface area contributed by atoms with E-state index in [1.807, 2.05) is 0 Å². The molecule has 1 fully saturated rings. The van der Waals surface area contributed by atoms with Gasteiger partial charge in [0.25, 0.3) is 0 Å². The monoisotopic (exact) mass is 534 g/mol. The standard InChI is InChI=1S/C16H22O6.C12H16O4/c1-10(2)14(17)20-8-7-13(22-16(19)12(5)6)9-21-15(18)11(3)4;1-3-11(13)15-9-5-7-10(8-6-9)16-12(14)4-2/h13H,1,3,5,7-9H2,2,4,6H3;3-4,9-10H,1-2,5-8H2. The van der Waals surface area contributed by atoms with Crippen LogP contribution in [0.25, 0.3) is 0 Å². The van der Waals surface area contributed by atoms with Gasteiger partial charge in [0.15, 0.2) is 0 Å². The van der Waals surface area contributed by atoms with Crippen molar-refractivity contribution < 1.29 is 47.7 Å². The second kappa shape index (κ2) is 18.3. The van der Waals surface area contributed by atoms with Gasteiger partial charge in [0.1, 0.15) is 24.9 Å². The van der Waals surface area contributed by atoms with E-state index in [-0.39, 0.29) is 48.6 Å². The molecule has 1 saturated carbocycles. The first-order valence-corrected chi connectivity index (χ1v) is 12.0. The molecule has 0 radical (unpaired) electrons. The van der Waals surface area contributed by atoms with Gasteiger partial charge in [0.05, 0.1) is 6.61 Å². The van der Waals surface area contributed by atoms with E-state index in [0.29, 0.717) is 25.7 Å². The summed E-state index contributed by atoms with van der Waals surface area (Å²) in [4.78, 5) is 56.1. The molecule has 0 heterocycles. The summed E-state index contributed by atoms with van der Waals surface area (Å²) in [5, 5.41) is 0. The van der Waals surface area contributed by atoms with Gasteiger partial charge < -0.3 is 23.7 Å². The molecule has 0 aromatic carbocycles. The van der Waals surface area contributed by atoms with E-state index in [4.69, 9.17) is 23.7 Å². The normalized spacial score (nSPS) is 16.6. The Morgan fingerprint density at radius 2 is 1.11 bits per heavy atom. The van der Waals surface area contributed by atoms with Crippen molar-refractivity contribution in [3.05, 3.63) is 61.8 Å². The van der Waals surface area contributed by atoms with Gasteiger partial charge in [-0.1, -0.05) is 32.9 Å². The van der Waals surface area contributed by atoms with Crippen molar-refractivity contribution in [2.24, 2.45) is 0 Å². The van der Waals surface area contributed by atoms with Crippen molar-refractivity contribution in [3.63, 3.8) is 0 Å². The van der Waals surface area contributed by atoms with Crippen LogP contribution in [0, 0.1) is 0 Å². The van der Waals surface area contributed by atoms with Crippen molar-refractivity contribution in [1.29, 1.82) is 0 Å². The summed E-state index contributed by atoms with van der Waals surface area (Å²) in [6.07, 6.45) is 4.46. The summed E-state index contributed by atoms with van der Waals surface area (Å²) in [6, 6.07) is 0. The molecule has 1 aliphatic rings. The van der Waals surface area contributed by atoms with Gasteiger partial charge in [-0.15, -0.1) is 0 Å². The van der Waals surface area contributed by atoms with Gasteiger partial charge in [-0.2, -0.15) is 0 Å². The lowest BCUT2D eigenvalue weighted by atomic mass is 9.95. The largest absolute Gasteiger partial charge is 0.462 e. The molecule has 10 heteroatoms. The number of ether oxygens (including phenoxy) is 5. The zero-order chi connectivity index (χ0) is 29.3. The number of esters is 5. The van der Waals surface area contributed by atoms with Gasteiger partial charge >= 0.3 is 29.8 Å². The van der Waals surface area contributed by atoms with E-state index in [1.54, 1.807) is 0 Å². The molecular formula is C28H38O10. The molecule has 38 heavy (non-hydrogen) atoms. The Labute approximate surface area is 224 Å². The highest BCUT2D eigenvalue weighted by Crippen LogP contribution is 2.23. The summed E-state index contributed by atoms with van der Waals surface area (Å²) >= 11 is 0. The summed E-state index contributed by atoms with van der Waals surface area (Å²) in [5.74, 6) is -2.53. The van der Waals surface area contributed by atoms with Crippen molar-refractivity contribution in [1.82, 2.24) is 0 Å². The molecule has 1 rings (SSSR count). The molecule has 0 saturated heterocycles. The Bertz CT molecular complexity index is 892. The van der Waals surface area contributed by atoms with E-state index < -0.39 is 36.0 Å². The number of hydrogen-bond donors (Lipinski definition) is 0. The Hall–Kier alpha value is -3.95. The van der Waals surface area contributed by atoms with Crippen LogP contribution in [0.4, 0.5) is 0 Å². The van der Waals surface area contributed by atoms with Crippen LogP contribution in [-0.2, 0) is 47.7 Å². The zero-order valence-electron chi connectivity index (χ0n) is 22.5. The van der Waals surface area contributed by atoms with Gasteiger partial charge in [-0.25, -0.2) is 24.0 Å². The fourth-order valence-electron chi connectivity index (χ4n) is 2.82. The minimum absolute atomic E-state index is 0.00442. The predicted octanol–water partition coefficient (Wildman–Crippen LogP) is 3.86. The molecule has 1 atom stereocenters. The van der Waals surface area contributed by atoms with E-state index >= 15 is 0 Å². The predicted molar refractivity (Wildman–Crippen MR) is 139 cm³/mol. The third-order valence-corrected chi connectivity index (χ3v) is 4.91. The van der Waals surface area contributed by atoms with Crippen LogP contribution in [0.3, 0.4) is 0 Å². The van der Waals surface area contributed by atoms with E-state index in [9.17, 15) is 24.0 Å². The number of hydrogen-bond acceptors (Lipinski definition) is 10. The first-order valence-electron chi connectivity index (χ1n) is 12.0. The van der Waals surface area contributed by atoms with Gasteiger partial charge in [-0.05, 0) is 46.5 Å². The second-order valence-corrected chi connectivity index (χ2v) is 8.57. The van der Waals surface area contributed by atoms with Crippen LogP contribution in [0.5, 0.6) is 0 Å². The van der Waals surface area contributed by atoms with Crippen LogP contribution >= 0.6 is 0 Å². The Kier molecular flexibility index (Phi) is 16.4. The molecule has 0 amide bonds. The highest BCUT2D eigenvalue weighted by Gasteiger charge is 2.25. The molecule has 0 bridgehead atoms. The number of carbonyl (C=O) groups is 5. The minimum Gasteiger partial charge on any atom is -0.462 e. The smallest absolute Gasteiger partial charge is 0.333 e. The van der Waals surface area contributed by atoms with Crippen molar-refractivity contribution in [3.8, 4) is 0 Å². The molecule has 1 aliphatic carbocycles. The van der Waals surface area contributed by atoms with Gasteiger partial charge in [0, 0.05) is 35.3 Å². The number of carbonyl (C=O) groups excluding carboxylic acids is 5. The highest BCUT2D eigenvalue weighted by atomic mass is 16.6. The fourth-order valence-corrected chi connectivity index (χ4v) is 2.82. The van der Waals surface area contributed by atoms with E-state index in [1.165, 1.54) is 20.8 Å². The fraction of sp³-hybridized carbons (Fsp3) is 0.464. The quantitative estimate of drug-likeness (QED) is 0.195. The lowest BCUT2D eigenvalue weighted by Crippen LogP contribution is -2.29. The third-order valence-electron chi connectivity index (χ3n) is 4.91. The molecule has 210 valence electrons. The summed E-state index contributed by atoms with van der Waals surface area (Å²) < 4.78 is 25.2. The molecular weight excluding hydrogens is 496 g/mol. The maximum Gasteiger partial charge on any atom is 0.333 e. The Balaban J connectivity index is 0.000000755. The summed E-state index contributed by atoms with van der Waals surface area (Å²) in [5.41, 5.74) is 0.720. The van der Waals surface area contributed by atoms with Crippen LogP contribution < -0.4 is 0 Å². The summed E-state index contributed by atoms with van der Waals surface area (Å²) in [7, 11) is 0. The first kappa shape index (κ1) is 34.0. The molecule has 0 aromatic heterocycles. The van der Waals surface area contributed by atoms with Crippen LogP contribution in [0.2, 0.25) is 0 Å². The molecule has 10 nitrogen and oxygen atoms in total. The van der Waals surface area contributed by atoms with Crippen molar-refractivity contribution >= 4 is 29.8 Å². The highest BCUT2D eigenvalue weighted by molar-refractivity contribution is 5.88. The molecule has 0 spiro atoms. The molecule has 0 aromatic rings. The topological polar surface area (TPSA) is 132 Å². The summed E-state index contributed by atoms with van der Waals surface area (Å²) in [6.45, 7) is 21.4. The second-order valence-electron chi connectivity index (χ2n) is 8.57. The SMILES string of the molecule is C=C(C)C(=O)OCCC(COC(=O)C(=C)C)OC(=O)C(=C)C.C=CC(=O)OC1CCC(OC(=O)C=C)CC1. The zero-order valence-corrected chi connectivity index (χ0v) is 22.5. The number of rotatable bonds is 13. The first-order chi connectivity index (χ1) is 17.8.